The van der Waals surface area contributed by atoms with E-state index in [1.54, 1.807) is 12.1 Å². The number of nitrogens with zero attached hydrogens (tertiary/aromatic N) is 1. The first kappa shape index (κ1) is 15.9. The highest BCUT2D eigenvalue weighted by Gasteiger charge is 2.46. The van der Waals surface area contributed by atoms with Crippen molar-refractivity contribution in [3.63, 3.8) is 0 Å². The predicted octanol–water partition coefficient (Wildman–Crippen LogP) is 3.03. The van der Waals surface area contributed by atoms with Gasteiger partial charge in [-0.3, -0.25) is 9.69 Å². The average Bonchev–Trinajstić information content (AvgIpc) is 3.17. The van der Waals surface area contributed by atoms with Gasteiger partial charge in [-0.05, 0) is 42.4 Å². The van der Waals surface area contributed by atoms with Crippen LogP contribution in [-0.2, 0) is 4.79 Å². The van der Waals surface area contributed by atoms with Gasteiger partial charge in [0, 0.05) is 18.5 Å². The van der Waals surface area contributed by atoms with Crippen LogP contribution in [0.25, 0.3) is 0 Å². The van der Waals surface area contributed by atoms with E-state index in [0.29, 0.717) is 23.6 Å². The van der Waals surface area contributed by atoms with Gasteiger partial charge in [0.15, 0.2) is 11.5 Å². The first-order valence-electron chi connectivity index (χ1n) is 8.12. The Kier molecular flexibility index (Phi) is 3.84. The number of aliphatic carboxylic acids is 1. The average molecular weight is 343 g/mol. The number of hydrogen-bond acceptors (Lipinski definition) is 4. The second-order valence-electron chi connectivity index (χ2n) is 6.52. The Bertz CT molecular complexity index is 825. The Balaban J connectivity index is 1.73. The fraction of sp³-hybridized carbons (Fsp3) is 0.316. The number of rotatable bonds is 3. The van der Waals surface area contributed by atoms with Crippen molar-refractivity contribution in [2.45, 2.75) is 12.0 Å². The topological polar surface area (TPSA) is 59.0 Å². The smallest absolute Gasteiger partial charge is 0.309 e. The number of carboxylic acid groups (broad SMARTS) is 1. The Morgan fingerprint density at radius 1 is 1.16 bits per heavy atom. The van der Waals surface area contributed by atoms with Crippen molar-refractivity contribution in [1.82, 2.24) is 4.90 Å². The predicted molar refractivity (Wildman–Crippen MR) is 88.2 cm³/mol. The molecule has 0 spiro atoms. The molecule has 6 heteroatoms. The molecule has 3 unspecified atom stereocenters. The van der Waals surface area contributed by atoms with Gasteiger partial charge in [-0.2, -0.15) is 0 Å². The lowest BCUT2D eigenvalue weighted by Gasteiger charge is -2.24. The second-order valence-corrected chi connectivity index (χ2v) is 6.52. The molecule has 130 valence electrons. The standard InChI is InChI=1S/C19H18FNO4/c1-21-9-14(11-5-6-15-16(8-11)25-10-24-15)17(19(22)23)18(21)12-3-2-4-13(20)7-12/h2-8,14,17-18H,9-10H2,1H3,(H,22,23). The quantitative estimate of drug-likeness (QED) is 0.928. The molecule has 2 aliphatic heterocycles. The highest BCUT2D eigenvalue weighted by Crippen LogP contribution is 2.46. The zero-order chi connectivity index (χ0) is 17.6. The Morgan fingerprint density at radius 2 is 1.96 bits per heavy atom. The zero-order valence-electron chi connectivity index (χ0n) is 13.7. The van der Waals surface area contributed by atoms with Crippen molar-refractivity contribution in [3.8, 4) is 11.5 Å². The molecule has 0 aliphatic carbocycles. The van der Waals surface area contributed by atoms with Crippen molar-refractivity contribution in [2.75, 3.05) is 20.4 Å². The van der Waals surface area contributed by atoms with Gasteiger partial charge in [0.2, 0.25) is 6.79 Å². The van der Waals surface area contributed by atoms with Crippen LogP contribution in [0.3, 0.4) is 0 Å². The lowest BCUT2D eigenvalue weighted by molar-refractivity contribution is -0.143. The monoisotopic (exact) mass is 343 g/mol. The van der Waals surface area contributed by atoms with Crippen LogP contribution in [0.5, 0.6) is 11.5 Å². The molecule has 1 fully saturated rings. The molecule has 0 bridgehead atoms. The van der Waals surface area contributed by atoms with Crippen molar-refractivity contribution in [1.29, 1.82) is 0 Å². The molecule has 2 aliphatic rings. The summed E-state index contributed by atoms with van der Waals surface area (Å²) in [6.07, 6.45) is 0. The fourth-order valence-electron chi connectivity index (χ4n) is 3.95. The number of benzene rings is 2. The normalized spacial score (nSPS) is 25.3. The third kappa shape index (κ3) is 2.72. The van der Waals surface area contributed by atoms with E-state index in [9.17, 15) is 14.3 Å². The van der Waals surface area contributed by atoms with E-state index in [0.717, 1.165) is 5.56 Å². The van der Waals surface area contributed by atoms with Crippen LogP contribution in [0, 0.1) is 11.7 Å². The van der Waals surface area contributed by atoms with Crippen LogP contribution >= 0.6 is 0 Å². The molecule has 1 N–H and O–H groups in total. The van der Waals surface area contributed by atoms with Gasteiger partial charge in [-0.15, -0.1) is 0 Å². The van der Waals surface area contributed by atoms with Crippen molar-refractivity contribution < 1.29 is 23.8 Å². The number of fused-ring (bicyclic) bond motifs is 1. The molecule has 25 heavy (non-hydrogen) atoms. The van der Waals surface area contributed by atoms with Crippen molar-refractivity contribution >= 4 is 5.97 Å². The molecule has 0 radical (unpaired) electrons. The van der Waals surface area contributed by atoms with Gasteiger partial charge in [0.25, 0.3) is 0 Å². The molecule has 4 rings (SSSR count). The molecule has 1 saturated heterocycles. The molecule has 2 aromatic carbocycles. The molecule has 5 nitrogen and oxygen atoms in total. The lowest BCUT2D eigenvalue weighted by atomic mass is 9.83. The number of carbonyl (C=O) groups is 1. The van der Waals surface area contributed by atoms with E-state index >= 15 is 0 Å². The first-order chi connectivity index (χ1) is 12.0. The molecule has 3 atom stereocenters. The van der Waals surface area contributed by atoms with Gasteiger partial charge in [-0.1, -0.05) is 18.2 Å². The summed E-state index contributed by atoms with van der Waals surface area (Å²) in [4.78, 5) is 14.0. The Hall–Kier alpha value is -2.60. The molecule has 0 saturated carbocycles. The van der Waals surface area contributed by atoms with Gasteiger partial charge in [-0.25, -0.2) is 4.39 Å². The summed E-state index contributed by atoms with van der Waals surface area (Å²) in [5.74, 6) is -0.831. The van der Waals surface area contributed by atoms with Crippen LogP contribution in [0.1, 0.15) is 23.1 Å². The van der Waals surface area contributed by atoms with Crippen LogP contribution in [0.4, 0.5) is 4.39 Å². The largest absolute Gasteiger partial charge is 0.481 e. The maximum atomic E-state index is 13.6. The van der Waals surface area contributed by atoms with Gasteiger partial charge in [0.1, 0.15) is 5.82 Å². The molecule has 2 aromatic rings. The summed E-state index contributed by atoms with van der Waals surface area (Å²) in [6.45, 7) is 0.745. The maximum absolute atomic E-state index is 13.6. The second kappa shape index (κ2) is 6.04. The fourth-order valence-corrected chi connectivity index (χ4v) is 3.95. The SMILES string of the molecule is CN1CC(c2ccc3c(c2)OCO3)C(C(=O)O)C1c1cccc(F)c1. The minimum Gasteiger partial charge on any atom is -0.481 e. The molecular weight excluding hydrogens is 325 g/mol. The summed E-state index contributed by atoms with van der Waals surface area (Å²) in [6, 6.07) is 11.3. The molecular formula is C19H18FNO4. The van der Waals surface area contributed by atoms with Crippen LogP contribution in [0.15, 0.2) is 42.5 Å². The van der Waals surface area contributed by atoms with Crippen LogP contribution in [-0.4, -0.2) is 36.4 Å². The minimum absolute atomic E-state index is 0.178. The minimum atomic E-state index is -0.888. The number of likely N-dealkylation sites (N-methyl/N-ethyl adjacent to an activating group) is 1. The highest BCUT2D eigenvalue weighted by atomic mass is 19.1. The number of ether oxygens (including phenoxy) is 2. The number of carboxylic acids is 1. The highest BCUT2D eigenvalue weighted by molar-refractivity contribution is 5.73. The van der Waals surface area contributed by atoms with E-state index in [1.807, 2.05) is 30.1 Å². The Morgan fingerprint density at radius 3 is 2.72 bits per heavy atom. The third-order valence-electron chi connectivity index (χ3n) is 5.03. The Labute approximate surface area is 144 Å². The maximum Gasteiger partial charge on any atom is 0.309 e. The summed E-state index contributed by atoms with van der Waals surface area (Å²) in [7, 11) is 1.87. The zero-order valence-corrected chi connectivity index (χ0v) is 13.7. The van der Waals surface area contributed by atoms with Crippen molar-refractivity contribution in [2.24, 2.45) is 5.92 Å². The van der Waals surface area contributed by atoms with Gasteiger partial charge in [0.05, 0.1) is 5.92 Å². The first-order valence-corrected chi connectivity index (χ1v) is 8.12. The van der Waals surface area contributed by atoms with Crippen LogP contribution < -0.4 is 9.47 Å². The molecule has 0 amide bonds. The van der Waals surface area contributed by atoms with Gasteiger partial charge >= 0.3 is 5.97 Å². The molecule has 0 aromatic heterocycles. The van der Waals surface area contributed by atoms with E-state index < -0.39 is 11.9 Å². The van der Waals surface area contributed by atoms with Crippen LogP contribution in [0.2, 0.25) is 0 Å². The van der Waals surface area contributed by atoms with Gasteiger partial charge < -0.3 is 14.6 Å². The van der Waals surface area contributed by atoms with E-state index in [4.69, 9.17) is 9.47 Å². The number of likely N-dealkylation sites (tertiary alicyclic amines) is 1. The van der Waals surface area contributed by atoms with E-state index in [-0.39, 0.29) is 24.6 Å². The summed E-state index contributed by atoms with van der Waals surface area (Å²) < 4.78 is 24.4. The lowest BCUT2D eigenvalue weighted by Crippen LogP contribution is -2.26. The summed E-state index contributed by atoms with van der Waals surface area (Å²) in [5, 5.41) is 9.88. The summed E-state index contributed by atoms with van der Waals surface area (Å²) in [5.41, 5.74) is 1.57. The molecule has 2 heterocycles. The van der Waals surface area contributed by atoms with E-state index in [2.05, 4.69) is 0 Å². The number of hydrogen-bond donors (Lipinski definition) is 1. The van der Waals surface area contributed by atoms with Crippen molar-refractivity contribution in [3.05, 3.63) is 59.4 Å². The van der Waals surface area contributed by atoms with E-state index in [1.165, 1.54) is 12.1 Å². The number of halogens is 1. The summed E-state index contributed by atoms with van der Waals surface area (Å²) >= 11 is 0. The third-order valence-corrected chi connectivity index (χ3v) is 5.03.